The van der Waals surface area contributed by atoms with Gasteiger partial charge in [0.05, 0.1) is 22.6 Å². The van der Waals surface area contributed by atoms with Crippen molar-refractivity contribution in [1.82, 2.24) is 15.0 Å². The van der Waals surface area contributed by atoms with Crippen molar-refractivity contribution < 1.29 is 0 Å². The summed E-state index contributed by atoms with van der Waals surface area (Å²) in [6.45, 7) is 4.67. The lowest BCUT2D eigenvalue weighted by molar-refractivity contribution is 0.661. The third-order valence-electron chi connectivity index (χ3n) is 12.1. The molecule has 3 heteroatoms. The van der Waals surface area contributed by atoms with Gasteiger partial charge in [-0.15, -0.1) is 0 Å². The average molecular weight is 754 g/mol. The van der Waals surface area contributed by atoms with Crippen LogP contribution in [0, 0.1) is 0 Å². The van der Waals surface area contributed by atoms with E-state index in [2.05, 4.69) is 202 Å². The molecule has 10 aromatic rings. The molecule has 0 bridgehead atoms. The Morgan fingerprint density at radius 1 is 0.305 bits per heavy atom. The summed E-state index contributed by atoms with van der Waals surface area (Å²) in [6.07, 6.45) is 0. The van der Waals surface area contributed by atoms with Crippen LogP contribution >= 0.6 is 0 Å². The quantitative estimate of drug-likeness (QED) is 0.170. The van der Waals surface area contributed by atoms with E-state index in [1.165, 1.54) is 27.8 Å². The first-order valence-corrected chi connectivity index (χ1v) is 20.3. The highest BCUT2D eigenvalue weighted by molar-refractivity contribution is 6.11. The average Bonchev–Trinajstić information content (AvgIpc) is 3.53. The molecule has 0 atom stereocenters. The van der Waals surface area contributed by atoms with Gasteiger partial charge in [-0.25, -0.2) is 15.0 Å². The minimum atomic E-state index is -0.152. The van der Waals surface area contributed by atoms with Gasteiger partial charge in [-0.1, -0.05) is 184 Å². The lowest BCUT2D eigenvalue weighted by atomic mass is 9.82. The van der Waals surface area contributed by atoms with E-state index in [1.54, 1.807) is 0 Å². The Hall–Kier alpha value is -7.49. The van der Waals surface area contributed by atoms with Gasteiger partial charge in [0, 0.05) is 33.1 Å². The summed E-state index contributed by atoms with van der Waals surface area (Å²) in [5, 5.41) is 3.36. The molecule has 2 aromatic heterocycles. The Morgan fingerprint density at radius 3 is 1.49 bits per heavy atom. The summed E-state index contributed by atoms with van der Waals surface area (Å²) in [5.74, 6) is 0.696. The van der Waals surface area contributed by atoms with Gasteiger partial charge in [-0.2, -0.15) is 0 Å². The predicted octanol–water partition coefficient (Wildman–Crippen LogP) is 14.5. The normalized spacial score (nSPS) is 12.7. The summed E-state index contributed by atoms with van der Waals surface area (Å²) >= 11 is 0. The minimum absolute atomic E-state index is 0.152. The van der Waals surface area contributed by atoms with Crippen LogP contribution in [-0.4, -0.2) is 15.0 Å². The molecule has 278 valence electrons. The van der Waals surface area contributed by atoms with Gasteiger partial charge >= 0.3 is 0 Å². The highest BCUT2D eigenvalue weighted by Crippen LogP contribution is 2.51. The van der Waals surface area contributed by atoms with Crippen molar-refractivity contribution in [3.63, 3.8) is 0 Å². The Morgan fingerprint density at radius 2 is 0.831 bits per heavy atom. The zero-order chi connectivity index (χ0) is 39.5. The summed E-state index contributed by atoms with van der Waals surface area (Å²) in [4.78, 5) is 16.0. The molecule has 2 heterocycles. The van der Waals surface area contributed by atoms with Crippen LogP contribution in [0.25, 0.3) is 100 Å². The van der Waals surface area contributed by atoms with Crippen molar-refractivity contribution in [1.29, 1.82) is 0 Å². The summed E-state index contributed by atoms with van der Waals surface area (Å²) in [7, 11) is 0. The third kappa shape index (κ3) is 5.85. The summed E-state index contributed by atoms with van der Waals surface area (Å²) in [6, 6.07) is 71.2. The molecule has 0 saturated heterocycles. The highest BCUT2D eigenvalue weighted by Gasteiger charge is 2.36. The maximum absolute atomic E-state index is 5.53. The van der Waals surface area contributed by atoms with Crippen molar-refractivity contribution in [2.75, 3.05) is 0 Å². The fourth-order valence-electron chi connectivity index (χ4n) is 9.17. The molecule has 59 heavy (non-hydrogen) atoms. The number of nitrogens with zero attached hydrogens (tertiary/aromatic N) is 3. The number of benzene rings is 8. The Kier molecular flexibility index (Phi) is 8.16. The van der Waals surface area contributed by atoms with Crippen LogP contribution in [-0.2, 0) is 5.41 Å². The number of hydrogen-bond donors (Lipinski definition) is 0. The van der Waals surface area contributed by atoms with E-state index >= 15 is 0 Å². The first-order valence-electron chi connectivity index (χ1n) is 20.3. The second kappa shape index (κ2) is 13.9. The second-order valence-electron chi connectivity index (χ2n) is 16.0. The Bertz CT molecular complexity index is 3170. The van der Waals surface area contributed by atoms with E-state index in [4.69, 9.17) is 15.0 Å². The van der Waals surface area contributed by atoms with Gasteiger partial charge in [-0.05, 0) is 85.6 Å². The molecule has 11 rings (SSSR count). The van der Waals surface area contributed by atoms with Crippen LogP contribution < -0.4 is 0 Å². The lowest BCUT2D eigenvalue weighted by Gasteiger charge is -2.22. The van der Waals surface area contributed by atoms with Crippen molar-refractivity contribution >= 4 is 21.7 Å². The Balaban J connectivity index is 1.17. The number of fused-ring (bicyclic) bond motifs is 5. The molecule has 0 spiro atoms. The fourth-order valence-corrected chi connectivity index (χ4v) is 9.17. The standard InChI is InChI=1S/C56H39N3/c1-56(2)49-29-17-16-27-43(49)47-32-48-46(33-53(57-54(48)34-50(47)56)44-28-15-12-24-39(44)36-18-6-3-7-19-36)42-30-31-45(41-26-14-13-25-40(41)42)55-58-51(37-20-8-4-9-21-37)35-52(59-55)38-22-10-5-11-23-38/h3-35H,1-2H3. The topological polar surface area (TPSA) is 38.7 Å². The molecule has 0 amide bonds. The van der Waals surface area contributed by atoms with Gasteiger partial charge < -0.3 is 0 Å². The molecular formula is C56H39N3. The van der Waals surface area contributed by atoms with Crippen LogP contribution in [0.4, 0.5) is 0 Å². The highest BCUT2D eigenvalue weighted by atomic mass is 14.9. The monoisotopic (exact) mass is 753 g/mol. The van der Waals surface area contributed by atoms with Gasteiger partial charge in [0.15, 0.2) is 5.82 Å². The van der Waals surface area contributed by atoms with Gasteiger partial charge in [0.25, 0.3) is 0 Å². The van der Waals surface area contributed by atoms with Gasteiger partial charge in [-0.3, -0.25) is 0 Å². The number of rotatable bonds is 6. The van der Waals surface area contributed by atoms with Crippen LogP contribution in [0.15, 0.2) is 200 Å². The van der Waals surface area contributed by atoms with Crippen molar-refractivity contribution in [2.45, 2.75) is 19.3 Å². The minimum Gasteiger partial charge on any atom is -0.248 e. The Labute approximate surface area is 344 Å². The maximum atomic E-state index is 5.53. The summed E-state index contributed by atoms with van der Waals surface area (Å²) < 4.78 is 0. The van der Waals surface area contributed by atoms with E-state index in [9.17, 15) is 0 Å². The van der Waals surface area contributed by atoms with E-state index in [1.807, 2.05) is 12.1 Å². The summed E-state index contributed by atoms with van der Waals surface area (Å²) in [5.41, 5.74) is 17.6. The molecule has 1 aliphatic carbocycles. The smallest absolute Gasteiger partial charge is 0.161 e. The van der Waals surface area contributed by atoms with Gasteiger partial charge in [0.2, 0.25) is 0 Å². The van der Waals surface area contributed by atoms with Crippen LogP contribution in [0.2, 0.25) is 0 Å². The predicted molar refractivity (Wildman–Crippen MR) is 245 cm³/mol. The molecule has 1 aliphatic rings. The largest absolute Gasteiger partial charge is 0.248 e. The van der Waals surface area contributed by atoms with Crippen LogP contribution in [0.5, 0.6) is 0 Å². The zero-order valence-corrected chi connectivity index (χ0v) is 32.9. The van der Waals surface area contributed by atoms with E-state index in [0.717, 1.165) is 77.7 Å². The van der Waals surface area contributed by atoms with Crippen LogP contribution in [0.3, 0.4) is 0 Å². The SMILES string of the molecule is CC1(C)c2ccccc2-c2cc3c(-c4ccc(-c5nc(-c6ccccc6)cc(-c6ccccc6)n5)c5ccccc45)cc(-c4ccccc4-c4ccccc4)nc3cc21. The first-order chi connectivity index (χ1) is 29.0. The number of hydrogen-bond acceptors (Lipinski definition) is 3. The molecular weight excluding hydrogens is 715 g/mol. The molecule has 8 aromatic carbocycles. The van der Waals surface area contributed by atoms with Crippen molar-refractivity contribution in [3.05, 3.63) is 211 Å². The molecule has 3 nitrogen and oxygen atoms in total. The first kappa shape index (κ1) is 34.7. The second-order valence-corrected chi connectivity index (χ2v) is 16.0. The molecule has 0 N–H and O–H groups in total. The molecule has 0 fully saturated rings. The van der Waals surface area contributed by atoms with Crippen molar-refractivity contribution in [3.8, 4) is 78.5 Å². The van der Waals surface area contributed by atoms with E-state index < -0.39 is 0 Å². The zero-order valence-electron chi connectivity index (χ0n) is 32.9. The number of pyridine rings is 1. The molecule has 0 radical (unpaired) electrons. The van der Waals surface area contributed by atoms with E-state index in [-0.39, 0.29) is 5.41 Å². The lowest BCUT2D eigenvalue weighted by Crippen LogP contribution is -2.14. The van der Waals surface area contributed by atoms with Gasteiger partial charge in [0.1, 0.15) is 0 Å². The maximum Gasteiger partial charge on any atom is 0.161 e. The van der Waals surface area contributed by atoms with E-state index in [0.29, 0.717) is 5.82 Å². The molecule has 0 saturated carbocycles. The molecule has 0 aliphatic heterocycles. The van der Waals surface area contributed by atoms with Crippen molar-refractivity contribution in [2.24, 2.45) is 0 Å². The number of aromatic nitrogens is 3. The third-order valence-corrected chi connectivity index (χ3v) is 12.1. The van der Waals surface area contributed by atoms with Crippen LogP contribution in [0.1, 0.15) is 25.0 Å². The fraction of sp³-hybridized carbons (Fsp3) is 0.0536. The molecule has 0 unspecified atom stereocenters.